The highest BCUT2D eigenvalue weighted by Gasteiger charge is 2.32. The number of amides is 2. The Labute approximate surface area is 108 Å². The molecule has 0 saturated carbocycles. The lowest BCUT2D eigenvalue weighted by Gasteiger charge is -2.27. The van der Waals surface area contributed by atoms with Gasteiger partial charge in [-0.25, -0.2) is 0 Å². The maximum absolute atomic E-state index is 11.5. The second kappa shape index (κ2) is 8.05. The highest BCUT2D eigenvalue weighted by Crippen LogP contribution is 2.19. The maximum atomic E-state index is 11.5. The van der Waals surface area contributed by atoms with Crippen molar-refractivity contribution in [1.29, 1.82) is 0 Å². The van der Waals surface area contributed by atoms with Crippen molar-refractivity contribution in [3.05, 3.63) is 0 Å². The molecule has 0 saturated heterocycles. The molecule has 0 unspecified atom stereocenters. The molecule has 6 heteroatoms. The van der Waals surface area contributed by atoms with E-state index in [4.69, 9.17) is 5.11 Å². The number of carbonyl (C=O) groups excluding carboxylic acids is 2. The van der Waals surface area contributed by atoms with E-state index in [1.54, 1.807) is 13.8 Å². The second-order valence-electron chi connectivity index (χ2n) is 4.94. The number of hydrogen-bond donors (Lipinski definition) is 4. The van der Waals surface area contributed by atoms with Crippen molar-refractivity contribution >= 4 is 11.8 Å². The van der Waals surface area contributed by atoms with Crippen molar-refractivity contribution in [3.63, 3.8) is 0 Å². The van der Waals surface area contributed by atoms with E-state index in [1.807, 2.05) is 6.92 Å². The third-order valence-corrected chi connectivity index (χ3v) is 2.62. The molecule has 0 aliphatic heterocycles. The van der Waals surface area contributed by atoms with Crippen LogP contribution in [0.5, 0.6) is 0 Å². The fraction of sp³-hybridized carbons (Fsp3) is 0.833. The van der Waals surface area contributed by atoms with Crippen molar-refractivity contribution in [2.75, 3.05) is 19.7 Å². The molecule has 0 spiro atoms. The van der Waals surface area contributed by atoms with Crippen LogP contribution in [0, 0.1) is 5.41 Å². The first-order chi connectivity index (χ1) is 8.35. The highest BCUT2D eigenvalue weighted by molar-refractivity contribution is 5.82. The average molecular weight is 260 g/mol. The lowest BCUT2D eigenvalue weighted by Crippen LogP contribution is -2.46. The van der Waals surface area contributed by atoms with Crippen molar-refractivity contribution < 1.29 is 19.8 Å². The van der Waals surface area contributed by atoms with Crippen LogP contribution in [0.25, 0.3) is 0 Å². The maximum Gasteiger partial charge on any atom is 0.249 e. The molecule has 0 aliphatic carbocycles. The van der Waals surface area contributed by atoms with Crippen LogP contribution in [0.1, 0.15) is 33.6 Å². The SMILES string of the molecule is CCCNC(=O)CCNC(=O)[C@@H](O)C(C)(C)CO. The van der Waals surface area contributed by atoms with E-state index < -0.39 is 17.4 Å². The Bertz CT molecular complexity index is 279. The van der Waals surface area contributed by atoms with Crippen LogP contribution < -0.4 is 10.6 Å². The molecule has 0 heterocycles. The van der Waals surface area contributed by atoms with Crippen molar-refractivity contribution in [3.8, 4) is 0 Å². The second-order valence-corrected chi connectivity index (χ2v) is 4.94. The fourth-order valence-electron chi connectivity index (χ4n) is 1.19. The van der Waals surface area contributed by atoms with E-state index in [2.05, 4.69) is 10.6 Å². The number of hydrogen-bond acceptors (Lipinski definition) is 4. The fourth-order valence-corrected chi connectivity index (χ4v) is 1.19. The monoisotopic (exact) mass is 260 g/mol. The van der Waals surface area contributed by atoms with E-state index in [9.17, 15) is 14.7 Å². The topological polar surface area (TPSA) is 98.7 Å². The Morgan fingerprint density at radius 1 is 1.22 bits per heavy atom. The molecular formula is C12H24N2O4. The molecule has 2 amide bonds. The highest BCUT2D eigenvalue weighted by atomic mass is 16.3. The molecule has 0 radical (unpaired) electrons. The summed E-state index contributed by atoms with van der Waals surface area (Å²) in [6.07, 6.45) is -0.249. The van der Waals surface area contributed by atoms with Gasteiger partial charge in [0.25, 0.3) is 0 Å². The summed E-state index contributed by atoms with van der Waals surface area (Å²) in [7, 11) is 0. The molecule has 18 heavy (non-hydrogen) atoms. The van der Waals surface area contributed by atoms with Crippen LogP contribution in [0.2, 0.25) is 0 Å². The van der Waals surface area contributed by atoms with Crippen LogP contribution in [0.4, 0.5) is 0 Å². The van der Waals surface area contributed by atoms with E-state index in [1.165, 1.54) is 0 Å². The summed E-state index contributed by atoms with van der Waals surface area (Å²) in [6, 6.07) is 0. The predicted octanol–water partition coefficient (Wildman–Crippen LogP) is -0.602. The zero-order valence-corrected chi connectivity index (χ0v) is 11.3. The standard InChI is InChI=1S/C12H24N2O4/c1-4-6-13-9(16)5-7-14-11(18)10(17)12(2,3)8-15/h10,15,17H,4-8H2,1-3H3,(H,13,16)(H,14,18)/t10-/m1/s1. The van der Waals surface area contributed by atoms with E-state index in [0.717, 1.165) is 6.42 Å². The number of rotatable bonds is 8. The van der Waals surface area contributed by atoms with Gasteiger partial charge in [0.05, 0.1) is 6.61 Å². The van der Waals surface area contributed by atoms with Gasteiger partial charge in [-0.2, -0.15) is 0 Å². The molecule has 0 aliphatic rings. The Morgan fingerprint density at radius 2 is 1.83 bits per heavy atom. The Kier molecular flexibility index (Phi) is 7.54. The van der Waals surface area contributed by atoms with Crippen LogP contribution in [0.3, 0.4) is 0 Å². The van der Waals surface area contributed by atoms with Crippen molar-refractivity contribution in [2.24, 2.45) is 5.41 Å². The quantitative estimate of drug-likeness (QED) is 0.468. The zero-order valence-electron chi connectivity index (χ0n) is 11.3. The van der Waals surface area contributed by atoms with E-state index >= 15 is 0 Å². The van der Waals surface area contributed by atoms with E-state index in [-0.39, 0.29) is 25.5 Å². The lowest BCUT2D eigenvalue weighted by molar-refractivity contribution is -0.137. The van der Waals surface area contributed by atoms with Gasteiger partial charge in [-0.3, -0.25) is 9.59 Å². The van der Waals surface area contributed by atoms with Gasteiger partial charge in [-0.05, 0) is 6.42 Å². The first kappa shape index (κ1) is 16.9. The van der Waals surface area contributed by atoms with Gasteiger partial charge in [-0.15, -0.1) is 0 Å². The summed E-state index contributed by atoms with van der Waals surface area (Å²) in [6.45, 7) is 5.63. The number of carbonyl (C=O) groups is 2. The molecule has 0 rings (SSSR count). The van der Waals surface area contributed by atoms with Crippen LogP contribution in [-0.4, -0.2) is 47.8 Å². The average Bonchev–Trinajstić information content (AvgIpc) is 2.35. The molecule has 0 aromatic carbocycles. The molecule has 0 aromatic heterocycles. The van der Waals surface area contributed by atoms with Crippen molar-refractivity contribution in [1.82, 2.24) is 10.6 Å². The van der Waals surface area contributed by atoms with Crippen LogP contribution in [0.15, 0.2) is 0 Å². The number of aliphatic hydroxyl groups is 2. The summed E-state index contributed by atoms with van der Waals surface area (Å²) >= 11 is 0. The first-order valence-corrected chi connectivity index (χ1v) is 6.18. The molecule has 0 bridgehead atoms. The summed E-state index contributed by atoms with van der Waals surface area (Å²) in [5, 5.41) is 23.9. The normalized spacial score (nSPS) is 12.9. The summed E-state index contributed by atoms with van der Waals surface area (Å²) in [4.78, 5) is 22.8. The van der Waals surface area contributed by atoms with Gasteiger partial charge >= 0.3 is 0 Å². The minimum atomic E-state index is -1.29. The molecular weight excluding hydrogens is 236 g/mol. The third-order valence-electron chi connectivity index (χ3n) is 2.62. The number of nitrogens with one attached hydrogen (secondary N) is 2. The predicted molar refractivity (Wildman–Crippen MR) is 67.8 cm³/mol. The Balaban J connectivity index is 3.94. The van der Waals surface area contributed by atoms with Crippen LogP contribution >= 0.6 is 0 Å². The largest absolute Gasteiger partial charge is 0.396 e. The number of aliphatic hydroxyl groups excluding tert-OH is 2. The summed E-state index contributed by atoms with van der Waals surface area (Å²) in [5.41, 5.74) is -0.894. The summed E-state index contributed by atoms with van der Waals surface area (Å²) in [5.74, 6) is -0.703. The molecule has 106 valence electrons. The lowest BCUT2D eigenvalue weighted by atomic mass is 9.87. The van der Waals surface area contributed by atoms with Gasteiger partial charge in [0, 0.05) is 24.9 Å². The molecule has 4 N–H and O–H groups in total. The molecule has 0 fully saturated rings. The van der Waals surface area contributed by atoms with E-state index in [0.29, 0.717) is 6.54 Å². The zero-order chi connectivity index (χ0) is 14.2. The van der Waals surface area contributed by atoms with Gasteiger partial charge in [0.15, 0.2) is 0 Å². The van der Waals surface area contributed by atoms with Gasteiger partial charge in [-0.1, -0.05) is 20.8 Å². The Morgan fingerprint density at radius 3 is 2.33 bits per heavy atom. The smallest absolute Gasteiger partial charge is 0.249 e. The Hall–Kier alpha value is -1.14. The first-order valence-electron chi connectivity index (χ1n) is 6.18. The van der Waals surface area contributed by atoms with Gasteiger partial charge < -0.3 is 20.8 Å². The van der Waals surface area contributed by atoms with Gasteiger partial charge in [0.2, 0.25) is 11.8 Å². The minimum Gasteiger partial charge on any atom is -0.396 e. The third kappa shape index (κ3) is 5.97. The molecule has 6 nitrogen and oxygen atoms in total. The van der Waals surface area contributed by atoms with Gasteiger partial charge in [0.1, 0.15) is 6.10 Å². The minimum absolute atomic E-state index is 0.131. The summed E-state index contributed by atoms with van der Waals surface area (Å²) < 4.78 is 0. The molecule has 1 atom stereocenters. The van der Waals surface area contributed by atoms with Crippen molar-refractivity contribution in [2.45, 2.75) is 39.7 Å². The molecule has 0 aromatic rings. The van der Waals surface area contributed by atoms with Crippen LogP contribution in [-0.2, 0) is 9.59 Å².